The number of H-pyrrole nitrogens is 1. The normalized spacial score (nSPS) is 13.9. The van der Waals surface area contributed by atoms with E-state index in [2.05, 4.69) is 26.8 Å². The van der Waals surface area contributed by atoms with E-state index in [9.17, 15) is 4.79 Å². The van der Waals surface area contributed by atoms with Crippen LogP contribution < -0.4 is 11.3 Å². The zero-order chi connectivity index (χ0) is 20.7. The van der Waals surface area contributed by atoms with Gasteiger partial charge in [-0.2, -0.15) is 0 Å². The Morgan fingerprint density at radius 3 is 2.83 bits per heavy atom. The van der Waals surface area contributed by atoms with E-state index < -0.39 is 0 Å². The van der Waals surface area contributed by atoms with Gasteiger partial charge in [-0.25, -0.2) is 15.0 Å². The molecular formula is C22H24N6OS. The third-order valence-corrected chi connectivity index (χ3v) is 6.92. The lowest BCUT2D eigenvalue weighted by molar-refractivity contribution is 0.258. The van der Waals surface area contributed by atoms with Crippen LogP contribution in [0.25, 0.3) is 21.1 Å². The average Bonchev–Trinajstić information content (AvgIpc) is 3.12. The summed E-state index contributed by atoms with van der Waals surface area (Å²) < 4.78 is 0. The summed E-state index contributed by atoms with van der Waals surface area (Å²) >= 11 is 1.76. The molecule has 3 N–H and O–H groups in total. The first-order chi connectivity index (χ1) is 14.6. The number of hydrogen-bond acceptors (Lipinski definition) is 7. The van der Waals surface area contributed by atoms with Crippen molar-refractivity contribution in [2.24, 2.45) is 0 Å². The van der Waals surface area contributed by atoms with Crippen molar-refractivity contribution in [1.82, 2.24) is 24.8 Å². The third kappa shape index (κ3) is 3.46. The van der Waals surface area contributed by atoms with E-state index in [1.165, 1.54) is 23.3 Å². The minimum Gasteiger partial charge on any atom is -0.383 e. The molecule has 0 amide bonds. The van der Waals surface area contributed by atoms with E-state index >= 15 is 0 Å². The molecule has 5 rings (SSSR count). The molecule has 0 radical (unpaired) electrons. The molecule has 0 unspecified atom stereocenters. The SMILES string of the molecule is CCN(Cc1nc(N)c2c3c(sc2n1)CCCC3)Cc1nc2ccccc2c(=O)[nH]1. The number of fused-ring (bicyclic) bond motifs is 4. The van der Waals surface area contributed by atoms with Crippen molar-refractivity contribution < 1.29 is 0 Å². The maximum Gasteiger partial charge on any atom is 0.258 e. The Morgan fingerprint density at radius 1 is 1.13 bits per heavy atom. The number of aryl methyl sites for hydroxylation is 2. The molecule has 0 bridgehead atoms. The van der Waals surface area contributed by atoms with E-state index in [0.29, 0.717) is 41.5 Å². The molecule has 0 fully saturated rings. The predicted molar refractivity (Wildman–Crippen MR) is 121 cm³/mol. The average molecular weight is 421 g/mol. The van der Waals surface area contributed by atoms with Crippen LogP contribution in [-0.2, 0) is 25.9 Å². The molecule has 0 saturated carbocycles. The van der Waals surface area contributed by atoms with Gasteiger partial charge in [0.25, 0.3) is 5.56 Å². The summed E-state index contributed by atoms with van der Waals surface area (Å²) in [4.78, 5) is 33.9. The van der Waals surface area contributed by atoms with E-state index in [0.717, 1.165) is 29.6 Å². The van der Waals surface area contributed by atoms with Crippen LogP contribution in [0.3, 0.4) is 0 Å². The summed E-state index contributed by atoms with van der Waals surface area (Å²) in [6.45, 7) is 3.91. The van der Waals surface area contributed by atoms with E-state index in [-0.39, 0.29) is 5.56 Å². The number of nitrogen functional groups attached to an aromatic ring is 1. The molecule has 154 valence electrons. The number of benzene rings is 1. The number of para-hydroxylation sites is 1. The van der Waals surface area contributed by atoms with E-state index in [1.807, 2.05) is 18.2 Å². The number of anilines is 1. The van der Waals surface area contributed by atoms with Gasteiger partial charge in [-0.3, -0.25) is 9.69 Å². The molecule has 1 aliphatic rings. The molecule has 4 aromatic rings. The van der Waals surface area contributed by atoms with Crippen LogP contribution in [0.4, 0.5) is 5.82 Å². The number of nitrogens with two attached hydrogens (primary N) is 1. The second-order valence-electron chi connectivity index (χ2n) is 7.75. The van der Waals surface area contributed by atoms with Crippen LogP contribution in [0.2, 0.25) is 0 Å². The monoisotopic (exact) mass is 420 g/mol. The largest absolute Gasteiger partial charge is 0.383 e. The summed E-state index contributed by atoms with van der Waals surface area (Å²) in [5.41, 5.74) is 8.31. The van der Waals surface area contributed by atoms with Gasteiger partial charge in [-0.1, -0.05) is 19.1 Å². The highest BCUT2D eigenvalue weighted by molar-refractivity contribution is 7.19. The zero-order valence-electron chi connectivity index (χ0n) is 16.9. The van der Waals surface area contributed by atoms with Gasteiger partial charge >= 0.3 is 0 Å². The maximum atomic E-state index is 12.4. The standard InChI is InChI=1S/C22H24N6OS/c1-2-28(11-17-24-15-9-5-3-7-13(15)21(29)26-17)12-18-25-20(23)19-14-8-4-6-10-16(14)30-22(19)27-18/h3,5,7,9H,2,4,6,8,10-12H2,1H3,(H2,23,25,27)(H,24,26,29). The molecule has 0 aliphatic heterocycles. The summed E-state index contributed by atoms with van der Waals surface area (Å²) in [6.07, 6.45) is 4.64. The molecule has 1 aliphatic carbocycles. The predicted octanol–water partition coefficient (Wildman–Crippen LogP) is 3.41. The van der Waals surface area contributed by atoms with Gasteiger partial charge in [0.05, 0.1) is 29.4 Å². The Kier molecular flexibility index (Phi) is 4.96. The number of aromatic nitrogens is 4. The molecule has 0 spiro atoms. The van der Waals surface area contributed by atoms with Gasteiger partial charge in [0.2, 0.25) is 0 Å². The van der Waals surface area contributed by atoms with Crippen molar-refractivity contribution >= 4 is 38.3 Å². The maximum absolute atomic E-state index is 12.4. The van der Waals surface area contributed by atoms with E-state index in [4.69, 9.17) is 10.7 Å². The van der Waals surface area contributed by atoms with Crippen molar-refractivity contribution in [3.63, 3.8) is 0 Å². The Labute approximate surface area is 178 Å². The number of nitrogens with zero attached hydrogens (tertiary/aromatic N) is 4. The fourth-order valence-electron chi connectivity index (χ4n) is 4.20. The molecule has 7 nitrogen and oxygen atoms in total. The molecule has 30 heavy (non-hydrogen) atoms. The second-order valence-corrected chi connectivity index (χ2v) is 8.83. The molecule has 0 atom stereocenters. The van der Waals surface area contributed by atoms with Crippen molar-refractivity contribution in [2.45, 2.75) is 45.7 Å². The summed E-state index contributed by atoms with van der Waals surface area (Å²) in [6, 6.07) is 7.38. The van der Waals surface area contributed by atoms with Crippen molar-refractivity contribution in [3.8, 4) is 0 Å². The fourth-order valence-corrected chi connectivity index (χ4v) is 5.49. The minimum atomic E-state index is -0.113. The first-order valence-electron chi connectivity index (χ1n) is 10.4. The van der Waals surface area contributed by atoms with Gasteiger partial charge in [0.15, 0.2) is 0 Å². The molecule has 3 aromatic heterocycles. The van der Waals surface area contributed by atoms with Crippen LogP contribution >= 0.6 is 11.3 Å². The van der Waals surface area contributed by atoms with Gasteiger partial charge in [0, 0.05) is 4.88 Å². The summed E-state index contributed by atoms with van der Waals surface area (Å²) in [5, 5.41) is 1.66. The molecule has 0 saturated heterocycles. The molecule has 3 heterocycles. The lowest BCUT2D eigenvalue weighted by Gasteiger charge is -2.19. The number of hydrogen-bond donors (Lipinski definition) is 2. The minimum absolute atomic E-state index is 0.113. The Balaban J connectivity index is 1.42. The lowest BCUT2D eigenvalue weighted by atomic mass is 9.97. The van der Waals surface area contributed by atoms with Gasteiger partial charge < -0.3 is 10.7 Å². The van der Waals surface area contributed by atoms with Crippen LogP contribution in [0.5, 0.6) is 0 Å². The van der Waals surface area contributed by atoms with Crippen LogP contribution in [0, 0.1) is 0 Å². The highest BCUT2D eigenvalue weighted by atomic mass is 32.1. The summed E-state index contributed by atoms with van der Waals surface area (Å²) in [7, 11) is 0. The van der Waals surface area contributed by atoms with Gasteiger partial charge in [-0.05, 0) is 49.9 Å². The summed E-state index contributed by atoms with van der Waals surface area (Å²) in [5.74, 6) is 1.94. The number of aromatic amines is 1. The molecule has 1 aromatic carbocycles. The Bertz CT molecular complexity index is 1290. The fraction of sp³-hybridized carbons (Fsp3) is 0.364. The zero-order valence-corrected chi connectivity index (χ0v) is 17.8. The van der Waals surface area contributed by atoms with E-state index in [1.54, 1.807) is 17.4 Å². The van der Waals surface area contributed by atoms with Crippen LogP contribution in [0.15, 0.2) is 29.1 Å². The number of nitrogens with one attached hydrogen (secondary N) is 1. The number of rotatable bonds is 5. The number of thiophene rings is 1. The topological polar surface area (TPSA) is 101 Å². The van der Waals surface area contributed by atoms with Crippen molar-refractivity contribution in [1.29, 1.82) is 0 Å². The van der Waals surface area contributed by atoms with Crippen molar-refractivity contribution in [3.05, 3.63) is 56.7 Å². The molecule has 8 heteroatoms. The lowest BCUT2D eigenvalue weighted by Crippen LogP contribution is -2.26. The second kappa shape index (κ2) is 7.77. The van der Waals surface area contributed by atoms with Gasteiger partial charge in [-0.15, -0.1) is 11.3 Å². The smallest absolute Gasteiger partial charge is 0.258 e. The third-order valence-electron chi connectivity index (χ3n) is 5.74. The Hall–Kier alpha value is -2.84. The first kappa shape index (κ1) is 19.1. The first-order valence-corrected chi connectivity index (χ1v) is 11.2. The van der Waals surface area contributed by atoms with Crippen LogP contribution in [-0.4, -0.2) is 31.4 Å². The van der Waals surface area contributed by atoms with Crippen LogP contribution in [0.1, 0.15) is 41.9 Å². The molecular weight excluding hydrogens is 396 g/mol. The highest BCUT2D eigenvalue weighted by Gasteiger charge is 2.20. The quantitative estimate of drug-likeness (QED) is 0.513. The van der Waals surface area contributed by atoms with Crippen molar-refractivity contribution in [2.75, 3.05) is 12.3 Å². The highest BCUT2D eigenvalue weighted by Crippen LogP contribution is 2.37. The van der Waals surface area contributed by atoms with Gasteiger partial charge in [0.1, 0.15) is 22.3 Å². The Morgan fingerprint density at radius 2 is 1.97 bits per heavy atom.